The van der Waals surface area contributed by atoms with Crippen LogP contribution in [0.4, 0.5) is 5.69 Å². The molecule has 7 nitrogen and oxygen atoms in total. The number of thiocarbonyl (C=S) groups is 1. The molecule has 1 saturated heterocycles. The monoisotopic (exact) mass is 398 g/mol. The number of hydrogen-bond acceptors (Lipinski definition) is 4. The van der Waals surface area contributed by atoms with Crippen LogP contribution < -0.4 is 25.8 Å². The van der Waals surface area contributed by atoms with E-state index in [0.717, 1.165) is 30.0 Å². The third-order valence-corrected chi connectivity index (χ3v) is 4.66. The van der Waals surface area contributed by atoms with Crippen molar-refractivity contribution in [1.82, 2.24) is 16.2 Å². The molecule has 0 bridgehead atoms. The molecule has 28 heavy (non-hydrogen) atoms. The first-order valence-corrected chi connectivity index (χ1v) is 9.35. The second kappa shape index (κ2) is 9.18. The van der Waals surface area contributed by atoms with Crippen molar-refractivity contribution >= 4 is 34.8 Å². The molecule has 3 N–H and O–H groups in total. The molecule has 0 spiro atoms. The number of rotatable bonds is 5. The highest BCUT2D eigenvalue weighted by molar-refractivity contribution is 7.80. The van der Waals surface area contributed by atoms with Crippen molar-refractivity contribution in [3.63, 3.8) is 0 Å². The van der Waals surface area contributed by atoms with Gasteiger partial charge in [-0.3, -0.25) is 20.4 Å². The maximum atomic E-state index is 12.2. The molecule has 2 aromatic rings. The number of nitrogens with one attached hydrogen (secondary N) is 3. The molecule has 1 heterocycles. The molecular formula is C20H22N4O3S. The largest absolute Gasteiger partial charge is 0.497 e. The Labute approximate surface area is 169 Å². The Balaban J connectivity index is 1.45. The lowest BCUT2D eigenvalue weighted by Crippen LogP contribution is -2.46. The fraction of sp³-hybridized carbons (Fsp3) is 0.250. The van der Waals surface area contributed by atoms with Gasteiger partial charge in [0.15, 0.2) is 5.11 Å². The van der Waals surface area contributed by atoms with Gasteiger partial charge in [-0.1, -0.05) is 12.1 Å². The van der Waals surface area contributed by atoms with Gasteiger partial charge in [0.25, 0.3) is 5.91 Å². The highest BCUT2D eigenvalue weighted by atomic mass is 32.1. The number of nitrogens with zero attached hydrogens (tertiary/aromatic N) is 1. The predicted molar refractivity (Wildman–Crippen MR) is 111 cm³/mol. The lowest BCUT2D eigenvalue weighted by molar-refractivity contribution is -0.117. The lowest BCUT2D eigenvalue weighted by Gasteiger charge is -2.16. The van der Waals surface area contributed by atoms with E-state index in [1.54, 1.807) is 36.3 Å². The van der Waals surface area contributed by atoms with Crippen molar-refractivity contribution in [2.75, 3.05) is 18.6 Å². The average Bonchev–Trinajstić information content (AvgIpc) is 3.16. The van der Waals surface area contributed by atoms with Crippen molar-refractivity contribution in [3.05, 3.63) is 59.7 Å². The summed E-state index contributed by atoms with van der Waals surface area (Å²) in [5.41, 5.74) is 7.55. The van der Waals surface area contributed by atoms with Crippen LogP contribution in [-0.2, 0) is 11.3 Å². The van der Waals surface area contributed by atoms with Crippen molar-refractivity contribution in [2.24, 2.45) is 0 Å². The number of hydrogen-bond donors (Lipinski definition) is 3. The summed E-state index contributed by atoms with van der Waals surface area (Å²) in [7, 11) is 1.62. The van der Waals surface area contributed by atoms with Crippen molar-refractivity contribution in [2.45, 2.75) is 19.4 Å². The van der Waals surface area contributed by atoms with E-state index in [0.29, 0.717) is 23.6 Å². The summed E-state index contributed by atoms with van der Waals surface area (Å²) in [6.45, 7) is 1.24. The summed E-state index contributed by atoms with van der Waals surface area (Å²) >= 11 is 5.17. The Morgan fingerprint density at radius 3 is 2.43 bits per heavy atom. The van der Waals surface area contributed by atoms with E-state index in [2.05, 4.69) is 16.2 Å². The van der Waals surface area contributed by atoms with Gasteiger partial charge in [0.1, 0.15) is 5.75 Å². The molecule has 1 aliphatic rings. The molecule has 8 heteroatoms. The van der Waals surface area contributed by atoms with Crippen LogP contribution >= 0.6 is 12.2 Å². The molecule has 146 valence electrons. The fourth-order valence-electron chi connectivity index (χ4n) is 2.87. The van der Waals surface area contributed by atoms with Crippen LogP contribution in [0.2, 0.25) is 0 Å². The SMILES string of the molecule is COc1ccc(CNC(=S)NNC(=O)c2ccc(N3CCCC3=O)cc2)cc1. The molecule has 0 unspecified atom stereocenters. The molecule has 2 amide bonds. The van der Waals surface area contributed by atoms with Crippen molar-refractivity contribution in [1.29, 1.82) is 0 Å². The first kappa shape index (κ1) is 19.6. The van der Waals surface area contributed by atoms with E-state index in [9.17, 15) is 9.59 Å². The summed E-state index contributed by atoms with van der Waals surface area (Å²) in [4.78, 5) is 25.7. The van der Waals surface area contributed by atoms with E-state index >= 15 is 0 Å². The van der Waals surface area contributed by atoms with Gasteiger partial charge in [-0.15, -0.1) is 0 Å². The van der Waals surface area contributed by atoms with Gasteiger partial charge in [-0.25, -0.2) is 0 Å². The second-order valence-electron chi connectivity index (χ2n) is 6.31. The fourth-order valence-corrected chi connectivity index (χ4v) is 2.99. The smallest absolute Gasteiger partial charge is 0.269 e. The molecular weight excluding hydrogens is 376 g/mol. The summed E-state index contributed by atoms with van der Waals surface area (Å²) < 4.78 is 5.12. The minimum atomic E-state index is -0.312. The maximum Gasteiger partial charge on any atom is 0.269 e. The zero-order valence-electron chi connectivity index (χ0n) is 15.5. The number of ether oxygens (including phenoxy) is 1. The van der Waals surface area contributed by atoms with Crippen molar-refractivity contribution in [3.8, 4) is 5.75 Å². The number of carbonyl (C=O) groups excluding carboxylic acids is 2. The van der Waals surface area contributed by atoms with Crippen LogP contribution in [0.15, 0.2) is 48.5 Å². The highest BCUT2D eigenvalue weighted by Gasteiger charge is 2.21. The van der Waals surface area contributed by atoms with E-state index < -0.39 is 0 Å². The Hall–Kier alpha value is -3.13. The minimum absolute atomic E-state index is 0.118. The zero-order valence-corrected chi connectivity index (χ0v) is 16.3. The van der Waals surface area contributed by atoms with Crippen molar-refractivity contribution < 1.29 is 14.3 Å². The third-order valence-electron chi connectivity index (χ3n) is 4.42. The first-order valence-electron chi connectivity index (χ1n) is 8.94. The van der Waals surface area contributed by atoms with Gasteiger partial charge in [0.2, 0.25) is 5.91 Å². The lowest BCUT2D eigenvalue weighted by atomic mass is 10.2. The van der Waals surface area contributed by atoms with Crippen LogP contribution in [0.25, 0.3) is 0 Å². The topological polar surface area (TPSA) is 82.7 Å². The Kier molecular flexibility index (Phi) is 6.44. The van der Waals surface area contributed by atoms with Gasteiger partial charge in [-0.05, 0) is 60.6 Å². The van der Waals surface area contributed by atoms with Crippen LogP contribution in [0.1, 0.15) is 28.8 Å². The highest BCUT2D eigenvalue weighted by Crippen LogP contribution is 2.21. The summed E-state index contributed by atoms with van der Waals surface area (Å²) in [6.07, 6.45) is 1.44. The second-order valence-corrected chi connectivity index (χ2v) is 6.71. The number of carbonyl (C=O) groups is 2. The standard InChI is InChI=1S/C20H22N4O3S/c1-27-17-10-4-14(5-11-17)13-21-20(28)23-22-19(26)15-6-8-16(9-7-15)24-12-2-3-18(24)25/h4-11H,2-3,12-13H2,1H3,(H,22,26)(H2,21,23,28). The normalized spacial score (nSPS) is 13.2. The molecule has 0 aromatic heterocycles. The Bertz CT molecular complexity index is 853. The van der Waals surface area contributed by atoms with Gasteiger partial charge >= 0.3 is 0 Å². The number of benzene rings is 2. The molecule has 3 rings (SSSR count). The van der Waals surface area contributed by atoms with Crippen LogP contribution in [0, 0.1) is 0 Å². The summed E-state index contributed by atoms with van der Waals surface area (Å²) in [5, 5.41) is 3.32. The predicted octanol–water partition coefficient (Wildman–Crippen LogP) is 2.13. The molecule has 0 radical (unpaired) electrons. The Morgan fingerprint density at radius 2 is 1.82 bits per heavy atom. The van der Waals surface area contributed by atoms with Crippen LogP contribution in [-0.4, -0.2) is 30.6 Å². The van der Waals surface area contributed by atoms with E-state index in [1.165, 1.54) is 0 Å². The van der Waals surface area contributed by atoms with Crippen LogP contribution in [0.3, 0.4) is 0 Å². The third kappa shape index (κ3) is 4.98. The first-order chi connectivity index (χ1) is 13.6. The number of hydrazine groups is 1. The molecule has 1 aliphatic heterocycles. The maximum absolute atomic E-state index is 12.2. The molecule has 0 saturated carbocycles. The van der Waals surface area contributed by atoms with Gasteiger partial charge < -0.3 is 15.0 Å². The van der Waals surface area contributed by atoms with Gasteiger partial charge in [0, 0.05) is 30.8 Å². The number of amides is 2. The number of anilines is 1. The molecule has 2 aromatic carbocycles. The molecule has 0 aliphatic carbocycles. The summed E-state index contributed by atoms with van der Waals surface area (Å²) in [5.74, 6) is 0.594. The van der Waals surface area contributed by atoms with E-state index in [4.69, 9.17) is 17.0 Å². The average molecular weight is 398 g/mol. The van der Waals surface area contributed by atoms with Gasteiger partial charge in [0.05, 0.1) is 7.11 Å². The molecule has 0 atom stereocenters. The summed E-state index contributed by atoms with van der Waals surface area (Å²) in [6, 6.07) is 14.5. The van der Waals surface area contributed by atoms with E-state index in [-0.39, 0.29) is 11.8 Å². The number of methoxy groups -OCH3 is 1. The minimum Gasteiger partial charge on any atom is -0.497 e. The molecule has 1 fully saturated rings. The Morgan fingerprint density at radius 1 is 1.11 bits per heavy atom. The van der Waals surface area contributed by atoms with E-state index in [1.807, 2.05) is 24.3 Å². The van der Waals surface area contributed by atoms with Gasteiger partial charge in [-0.2, -0.15) is 0 Å². The quantitative estimate of drug-likeness (QED) is 0.529. The van der Waals surface area contributed by atoms with Crippen LogP contribution in [0.5, 0.6) is 5.75 Å². The zero-order chi connectivity index (χ0) is 19.9.